The molecule has 0 aliphatic heterocycles. The molecular formula is C14H10Cl2O4. The largest absolute Gasteiger partial charge is 0.507 e. The third kappa shape index (κ3) is 3.35. The van der Waals surface area contributed by atoms with Crippen LogP contribution in [0.5, 0.6) is 11.5 Å². The number of ether oxygens (including phenoxy) is 1. The van der Waals surface area contributed by atoms with Gasteiger partial charge in [-0.05, 0) is 23.8 Å². The van der Waals surface area contributed by atoms with Crippen LogP contribution in [0.3, 0.4) is 0 Å². The zero-order chi connectivity index (χ0) is 14.7. The number of benzene rings is 2. The Labute approximate surface area is 125 Å². The van der Waals surface area contributed by atoms with Gasteiger partial charge >= 0.3 is 5.97 Å². The van der Waals surface area contributed by atoms with Gasteiger partial charge < -0.3 is 14.9 Å². The minimum Gasteiger partial charge on any atom is -0.507 e. The van der Waals surface area contributed by atoms with Crippen molar-refractivity contribution in [2.24, 2.45) is 0 Å². The van der Waals surface area contributed by atoms with E-state index >= 15 is 0 Å². The quantitative estimate of drug-likeness (QED) is 0.896. The Morgan fingerprint density at radius 3 is 2.40 bits per heavy atom. The maximum Gasteiger partial charge on any atom is 0.339 e. The summed E-state index contributed by atoms with van der Waals surface area (Å²) >= 11 is 11.7. The minimum atomic E-state index is -1.26. The van der Waals surface area contributed by atoms with Crippen molar-refractivity contribution in [2.45, 2.75) is 6.61 Å². The fraction of sp³-hybridized carbons (Fsp3) is 0.0714. The van der Waals surface area contributed by atoms with Crippen LogP contribution in [0.1, 0.15) is 15.9 Å². The number of carboxylic acids is 1. The number of hydrogen-bond donors (Lipinski definition) is 2. The Morgan fingerprint density at radius 2 is 1.80 bits per heavy atom. The second kappa shape index (κ2) is 6.03. The molecule has 20 heavy (non-hydrogen) atoms. The van der Waals surface area contributed by atoms with E-state index in [2.05, 4.69) is 0 Å². The Kier molecular flexibility index (Phi) is 4.37. The Morgan fingerprint density at radius 1 is 1.15 bits per heavy atom. The van der Waals surface area contributed by atoms with Crippen LogP contribution < -0.4 is 4.74 Å². The monoisotopic (exact) mass is 312 g/mol. The van der Waals surface area contributed by atoms with Gasteiger partial charge in [-0.2, -0.15) is 0 Å². The average molecular weight is 313 g/mol. The van der Waals surface area contributed by atoms with Crippen LogP contribution in [0.4, 0.5) is 0 Å². The van der Waals surface area contributed by atoms with E-state index in [1.54, 1.807) is 24.3 Å². The molecule has 0 saturated carbocycles. The van der Waals surface area contributed by atoms with Gasteiger partial charge in [0.15, 0.2) is 0 Å². The summed E-state index contributed by atoms with van der Waals surface area (Å²) in [7, 11) is 0. The first-order valence-corrected chi connectivity index (χ1v) is 6.36. The molecule has 6 heteroatoms. The molecule has 0 radical (unpaired) electrons. The molecule has 0 bridgehead atoms. The summed E-state index contributed by atoms with van der Waals surface area (Å²) in [6.07, 6.45) is 0. The van der Waals surface area contributed by atoms with Crippen LogP contribution in [0.25, 0.3) is 0 Å². The Balaban J connectivity index is 2.16. The molecule has 0 aliphatic rings. The van der Waals surface area contributed by atoms with Gasteiger partial charge in [0.25, 0.3) is 0 Å². The third-order valence-corrected chi connectivity index (χ3v) is 3.14. The summed E-state index contributed by atoms with van der Waals surface area (Å²) < 4.78 is 5.45. The Hall–Kier alpha value is -1.91. The van der Waals surface area contributed by atoms with Crippen molar-refractivity contribution < 1.29 is 19.7 Å². The van der Waals surface area contributed by atoms with E-state index in [0.29, 0.717) is 5.02 Å². The normalized spacial score (nSPS) is 10.3. The SMILES string of the molecule is O=C(O)c1cc(Cl)c(OCc2ccc(Cl)cc2)cc1O. The molecule has 0 atom stereocenters. The second-order valence-corrected chi connectivity index (χ2v) is 4.86. The van der Waals surface area contributed by atoms with Crippen LogP contribution in [0, 0.1) is 0 Å². The van der Waals surface area contributed by atoms with Crippen molar-refractivity contribution >= 4 is 29.2 Å². The summed E-state index contributed by atoms with van der Waals surface area (Å²) in [6.45, 7) is 0.225. The number of halogens is 2. The van der Waals surface area contributed by atoms with E-state index in [0.717, 1.165) is 11.6 Å². The molecular weight excluding hydrogens is 303 g/mol. The first-order chi connectivity index (χ1) is 9.47. The van der Waals surface area contributed by atoms with Gasteiger partial charge in [-0.1, -0.05) is 35.3 Å². The fourth-order valence-corrected chi connectivity index (χ4v) is 1.91. The van der Waals surface area contributed by atoms with Crippen LogP contribution in [0.15, 0.2) is 36.4 Å². The number of phenols is 1. The maximum atomic E-state index is 10.8. The molecule has 2 N–H and O–H groups in total. The molecule has 0 amide bonds. The lowest BCUT2D eigenvalue weighted by Crippen LogP contribution is -2.00. The molecule has 0 unspecified atom stereocenters. The van der Waals surface area contributed by atoms with Gasteiger partial charge in [-0.25, -0.2) is 4.79 Å². The zero-order valence-electron chi connectivity index (χ0n) is 10.1. The van der Waals surface area contributed by atoms with Crippen LogP contribution in [-0.2, 0) is 6.61 Å². The highest BCUT2D eigenvalue weighted by Crippen LogP contribution is 2.32. The topological polar surface area (TPSA) is 66.8 Å². The number of aromatic carboxylic acids is 1. The van der Waals surface area contributed by atoms with Crippen molar-refractivity contribution in [2.75, 3.05) is 0 Å². The van der Waals surface area contributed by atoms with E-state index in [-0.39, 0.29) is 22.9 Å². The second-order valence-electron chi connectivity index (χ2n) is 4.02. The van der Waals surface area contributed by atoms with Gasteiger partial charge in [-0.3, -0.25) is 0 Å². The predicted molar refractivity (Wildman–Crippen MR) is 75.9 cm³/mol. The molecule has 104 valence electrons. The maximum absolute atomic E-state index is 10.8. The highest BCUT2D eigenvalue weighted by Gasteiger charge is 2.14. The smallest absolute Gasteiger partial charge is 0.339 e. The molecule has 0 fully saturated rings. The van der Waals surface area contributed by atoms with Crippen molar-refractivity contribution in [1.82, 2.24) is 0 Å². The molecule has 0 aliphatic carbocycles. The van der Waals surface area contributed by atoms with Crippen LogP contribution in [0.2, 0.25) is 10.0 Å². The van der Waals surface area contributed by atoms with Crippen molar-refractivity contribution in [1.29, 1.82) is 0 Å². The number of hydrogen-bond acceptors (Lipinski definition) is 3. The summed E-state index contributed by atoms with van der Waals surface area (Å²) in [4.78, 5) is 10.8. The average Bonchev–Trinajstić information content (AvgIpc) is 2.41. The van der Waals surface area contributed by atoms with E-state index in [4.69, 9.17) is 33.0 Å². The third-order valence-electron chi connectivity index (χ3n) is 2.59. The molecule has 0 aromatic heterocycles. The number of carbonyl (C=O) groups is 1. The van der Waals surface area contributed by atoms with Gasteiger partial charge in [0.2, 0.25) is 0 Å². The van der Waals surface area contributed by atoms with Crippen molar-refractivity contribution in [3.8, 4) is 11.5 Å². The van der Waals surface area contributed by atoms with E-state index < -0.39 is 11.7 Å². The summed E-state index contributed by atoms with van der Waals surface area (Å²) in [5.41, 5.74) is 0.598. The summed E-state index contributed by atoms with van der Waals surface area (Å²) in [5.74, 6) is -1.44. The van der Waals surface area contributed by atoms with Gasteiger partial charge in [0.05, 0.1) is 5.02 Å². The van der Waals surface area contributed by atoms with E-state index in [9.17, 15) is 9.90 Å². The highest BCUT2D eigenvalue weighted by molar-refractivity contribution is 6.32. The lowest BCUT2D eigenvalue weighted by atomic mass is 10.2. The molecule has 2 rings (SSSR count). The molecule has 2 aromatic carbocycles. The summed E-state index contributed by atoms with van der Waals surface area (Å²) in [5, 5.41) is 19.2. The van der Waals surface area contributed by atoms with Crippen LogP contribution in [-0.4, -0.2) is 16.2 Å². The first-order valence-electron chi connectivity index (χ1n) is 5.60. The highest BCUT2D eigenvalue weighted by atomic mass is 35.5. The van der Waals surface area contributed by atoms with Crippen molar-refractivity contribution in [3.63, 3.8) is 0 Å². The zero-order valence-corrected chi connectivity index (χ0v) is 11.6. The number of carboxylic acid groups (broad SMARTS) is 1. The number of aromatic hydroxyl groups is 1. The van der Waals surface area contributed by atoms with Gasteiger partial charge in [0, 0.05) is 11.1 Å². The predicted octanol–water partition coefficient (Wildman–Crippen LogP) is 3.98. The Bertz CT molecular complexity index is 638. The summed E-state index contributed by atoms with van der Waals surface area (Å²) in [6, 6.07) is 9.38. The molecule has 0 heterocycles. The fourth-order valence-electron chi connectivity index (χ4n) is 1.57. The standard InChI is InChI=1S/C14H10Cl2O4/c15-9-3-1-8(2-4-9)7-20-13-6-12(17)10(14(18)19)5-11(13)16/h1-6,17H,7H2,(H,18,19). The number of rotatable bonds is 4. The molecule has 0 saturated heterocycles. The minimum absolute atomic E-state index is 0.120. The van der Waals surface area contributed by atoms with Crippen molar-refractivity contribution in [3.05, 3.63) is 57.6 Å². The lowest BCUT2D eigenvalue weighted by molar-refractivity contribution is 0.0693. The molecule has 4 nitrogen and oxygen atoms in total. The van der Waals surface area contributed by atoms with E-state index in [1.165, 1.54) is 6.07 Å². The van der Waals surface area contributed by atoms with Crippen LogP contribution >= 0.6 is 23.2 Å². The first kappa shape index (κ1) is 14.5. The molecule has 2 aromatic rings. The van der Waals surface area contributed by atoms with Gasteiger partial charge in [-0.15, -0.1) is 0 Å². The van der Waals surface area contributed by atoms with E-state index in [1.807, 2.05) is 0 Å². The lowest BCUT2D eigenvalue weighted by Gasteiger charge is -2.10. The van der Waals surface area contributed by atoms with Gasteiger partial charge in [0.1, 0.15) is 23.7 Å². The molecule has 0 spiro atoms.